The van der Waals surface area contributed by atoms with Gasteiger partial charge in [-0.15, -0.1) is 0 Å². The molecule has 1 saturated heterocycles. The number of nitro groups is 1. The lowest BCUT2D eigenvalue weighted by Gasteiger charge is -2.13. The largest absolute Gasteiger partial charge is 0.493 e. The van der Waals surface area contributed by atoms with Crippen LogP contribution in [0, 0.1) is 17.0 Å². The molecule has 1 heterocycles. The number of ether oxygens (including phenoxy) is 2. The summed E-state index contributed by atoms with van der Waals surface area (Å²) in [5.41, 5.74) is 2.80. The Labute approximate surface area is 231 Å². The van der Waals surface area contributed by atoms with Gasteiger partial charge in [-0.1, -0.05) is 33.6 Å². The van der Waals surface area contributed by atoms with Crippen LogP contribution in [0.15, 0.2) is 70.8 Å². The molecule has 0 atom stereocenters. The van der Waals surface area contributed by atoms with Gasteiger partial charge >= 0.3 is 6.03 Å². The zero-order chi connectivity index (χ0) is 28.1. The molecule has 11 nitrogen and oxygen atoms in total. The molecule has 0 aromatic heterocycles. The number of nitrogens with one attached hydrogen (secondary N) is 2. The molecule has 2 N–H and O–H groups in total. The van der Waals surface area contributed by atoms with Crippen molar-refractivity contribution >= 4 is 51.2 Å². The van der Waals surface area contributed by atoms with Crippen molar-refractivity contribution in [3.63, 3.8) is 0 Å². The number of hydrogen-bond donors (Lipinski definition) is 2. The summed E-state index contributed by atoms with van der Waals surface area (Å²) in [4.78, 5) is 48.9. The molecule has 0 bridgehead atoms. The summed E-state index contributed by atoms with van der Waals surface area (Å²) < 4.78 is 11.8. The van der Waals surface area contributed by atoms with E-state index in [4.69, 9.17) is 9.47 Å². The molecule has 0 spiro atoms. The van der Waals surface area contributed by atoms with Crippen molar-refractivity contribution in [3.8, 4) is 11.5 Å². The fourth-order valence-corrected chi connectivity index (χ4v) is 4.10. The second-order valence-corrected chi connectivity index (χ2v) is 9.38. The van der Waals surface area contributed by atoms with Crippen molar-refractivity contribution in [1.82, 2.24) is 10.2 Å². The standard InChI is InChI=1S/C27H23BrN4O7/c1-16-3-7-19(8-4-16)29-25(33)14-31-26(34)22(30-27(31)35)11-18-12-23(38-2)24(13-21(18)28)39-15-17-5-9-20(10-6-17)32(36)37/h3-13H,14-15H2,1-2H3,(H,29,33)(H,30,35)/b22-11+. The first-order chi connectivity index (χ1) is 18.6. The number of urea groups is 1. The van der Waals surface area contributed by atoms with Gasteiger partial charge in [0.15, 0.2) is 11.5 Å². The number of amides is 4. The van der Waals surface area contributed by atoms with Crippen LogP contribution in [0.3, 0.4) is 0 Å². The van der Waals surface area contributed by atoms with E-state index >= 15 is 0 Å². The third kappa shape index (κ3) is 6.60. The lowest BCUT2D eigenvalue weighted by Crippen LogP contribution is -2.38. The van der Waals surface area contributed by atoms with Crippen LogP contribution in [0.1, 0.15) is 16.7 Å². The Morgan fingerprint density at radius 1 is 1.10 bits per heavy atom. The molecule has 4 rings (SSSR count). The highest BCUT2D eigenvalue weighted by Crippen LogP contribution is 2.35. The Bertz CT molecular complexity index is 1470. The summed E-state index contributed by atoms with van der Waals surface area (Å²) in [5, 5.41) is 16.0. The molecule has 4 amide bonds. The van der Waals surface area contributed by atoms with Gasteiger partial charge in [-0.3, -0.25) is 19.7 Å². The number of anilines is 1. The van der Waals surface area contributed by atoms with Gasteiger partial charge in [0, 0.05) is 22.3 Å². The third-order valence-corrected chi connectivity index (χ3v) is 6.41. The molecule has 0 saturated carbocycles. The van der Waals surface area contributed by atoms with Gasteiger partial charge in [0.2, 0.25) is 5.91 Å². The molecule has 1 fully saturated rings. The molecular weight excluding hydrogens is 572 g/mol. The van der Waals surface area contributed by atoms with Gasteiger partial charge in [0.05, 0.1) is 12.0 Å². The van der Waals surface area contributed by atoms with E-state index in [9.17, 15) is 24.5 Å². The number of rotatable bonds is 9. The quantitative estimate of drug-likeness (QED) is 0.157. The van der Waals surface area contributed by atoms with E-state index in [1.165, 1.54) is 25.3 Å². The minimum absolute atomic E-state index is 0.00885. The highest BCUT2D eigenvalue weighted by Gasteiger charge is 2.35. The highest BCUT2D eigenvalue weighted by molar-refractivity contribution is 9.10. The first-order valence-corrected chi connectivity index (χ1v) is 12.4. The molecule has 0 unspecified atom stereocenters. The SMILES string of the molecule is COc1cc(/C=C2/NC(=O)N(CC(=O)Nc3ccc(C)cc3)C2=O)c(Br)cc1OCc1ccc([N+](=O)[O-])cc1. The van der Waals surface area contributed by atoms with Crippen molar-refractivity contribution < 1.29 is 28.8 Å². The van der Waals surface area contributed by atoms with Gasteiger partial charge in [0.1, 0.15) is 18.8 Å². The lowest BCUT2D eigenvalue weighted by atomic mass is 10.1. The molecule has 1 aliphatic heterocycles. The number of hydrogen-bond acceptors (Lipinski definition) is 7. The summed E-state index contributed by atoms with van der Waals surface area (Å²) in [5.74, 6) is -0.413. The monoisotopic (exact) mass is 594 g/mol. The van der Waals surface area contributed by atoms with E-state index in [0.717, 1.165) is 16.0 Å². The number of nitro benzene ring substituents is 1. The van der Waals surface area contributed by atoms with Crippen LogP contribution in [0.4, 0.5) is 16.2 Å². The van der Waals surface area contributed by atoms with Crippen molar-refractivity contribution in [2.75, 3.05) is 19.0 Å². The predicted molar refractivity (Wildman–Crippen MR) is 146 cm³/mol. The Morgan fingerprint density at radius 3 is 2.44 bits per heavy atom. The molecule has 0 aliphatic carbocycles. The first kappa shape index (κ1) is 27.3. The number of imide groups is 1. The summed E-state index contributed by atoms with van der Waals surface area (Å²) in [6, 6.07) is 15.7. The maximum absolute atomic E-state index is 12.9. The third-order valence-electron chi connectivity index (χ3n) is 5.72. The molecule has 0 radical (unpaired) electrons. The van der Waals surface area contributed by atoms with Gasteiger partial charge in [-0.2, -0.15) is 0 Å². The first-order valence-electron chi connectivity index (χ1n) is 11.6. The number of carbonyl (C=O) groups is 3. The zero-order valence-corrected chi connectivity index (χ0v) is 22.5. The lowest BCUT2D eigenvalue weighted by molar-refractivity contribution is -0.384. The molecule has 3 aromatic rings. The van der Waals surface area contributed by atoms with Crippen molar-refractivity contribution in [2.45, 2.75) is 13.5 Å². The zero-order valence-electron chi connectivity index (χ0n) is 20.9. The Kier molecular flexibility index (Phi) is 8.25. The molecule has 3 aromatic carbocycles. The van der Waals surface area contributed by atoms with Crippen molar-refractivity contribution in [2.24, 2.45) is 0 Å². The molecular formula is C27H23BrN4O7. The van der Waals surface area contributed by atoms with Gasteiger partial charge in [-0.05, 0) is 60.5 Å². The fraction of sp³-hybridized carbons (Fsp3) is 0.148. The summed E-state index contributed by atoms with van der Waals surface area (Å²) >= 11 is 3.45. The number of carbonyl (C=O) groups excluding carboxylic acids is 3. The van der Waals surface area contributed by atoms with E-state index in [1.807, 2.05) is 19.1 Å². The summed E-state index contributed by atoms with van der Waals surface area (Å²) in [6.45, 7) is 1.61. The van der Waals surface area contributed by atoms with Crippen LogP contribution in [0.25, 0.3) is 6.08 Å². The molecule has 12 heteroatoms. The smallest absolute Gasteiger partial charge is 0.329 e. The van der Waals surface area contributed by atoms with Crippen LogP contribution < -0.4 is 20.1 Å². The second-order valence-electron chi connectivity index (χ2n) is 8.53. The number of methoxy groups -OCH3 is 1. The number of nitrogens with zero attached hydrogens (tertiary/aromatic N) is 2. The Balaban J connectivity index is 1.45. The fourth-order valence-electron chi connectivity index (χ4n) is 3.66. The minimum atomic E-state index is -0.712. The number of halogens is 1. The van der Waals surface area contributed by atoms with Crippen LogP contribution in [-0.4, -0.2) is 41.3 Å². The van der Waals surface area contributed by atoms with Crippen molar-refractivity contribution in [3.05, 3.63) is 97.6 Å². The van der Waals surface area contributed by atoms with E-state index in [0.29, 0.717) is 27.2 Å². The Morgan fingerprint density at radius 2 is 1.79 bits per heavy atom. The second kappa shape index (κ2) is 11.8. The predicted octanol–water partition coefficient (Wildman–Crippen LogP) is 4.78. The van der Waals surface area contributed by atoms with Gasteiger partial charge < -0.3 is 20.1 Å². The average Bonchev–Trinajstić information content (AvgIpc) is 3.17. The highest BCUT2D eigenvalue weighted by atomic mass is 79.9. The summed E-state index contributed by atoms with van der Waals surface area (Å²) in [7, 11) is 1.45. The number of aryl methyl sites for hydroxylation is 1. The van der Waals surface area contributed by atoms with E-state index in [1.54, 1.807) is 36.4 Å². The molecule has 1 aliphatic rings. The van der Waals surface area contributed by atoms with Crippen LogP contribution in [0.2, 0.25) is 0 Å². The molecule has 39 heavy (non-hydrogen) atoms. The van der Waals surface area contributed by atoms with E-state index < -0.39 is 29.3 Å². The van der Waals surface area contributed by atoms with E-state index in [2.05, 4.69) is 26.6 Å². The van der Waals surface area contributed by atoms with Gasteiger partial charge in [-0.25, -0.2) is 9.69 Å². The Hall–Kier alpha value is -4.71. The van der Waals surface area contributed by atoms with Crippen LogP contribution in [-0.2, 0) is 16.2 Å². The number of non-ortho nitro benzene ring substituents is 1. The summed E-state index contributed by atoms with van der Waals surface area (Å²) in [6.07, 6.45) is 1.46. The number of benzene rings is 3. The average molecular weight is 595 g/mol. The topological polar surface area (TPSA) is 140 Å². The van der Waals surface area contributed by atoms with Crippen LogP contribution >= 0.6 is 15.9 Å². The van der Waals surface area contributed by atoms with Crippen molar-refractivity contribution in [1.29, 1.82) is 0 Å². The maximum atomic E-state index is 12.9. The minimum Gasteiger partial charge on any atom is -0.493 e. The van der Waals surface area contributed by atoms with Gasteiger partial charge in [0.25, 0.3) is 11.6 Å². The molecule has 200 valence electrons. The normalized spacial score (nSPS) is 13.8. The van der Waals surface area contributed by atoms with Crippen LogP contribution in [0.5, 0.6) is 11.5 Å². The van der Waals surface area contributed by atoms with E-state index in [-0.39, 0.29) is 18.0 Å². The maximum Gasteiger partial charge on any atom is 0.329 e.